The number of carbonyl (C=O) groups is 1. The van der Waals surface area contributed by atoms with Gasteiger partial charge in [-0.25, -0.2) is 0 Å². The van der Waals surface area contributed by atoms with Gasteiger partial charge in [0.25, 0.3) is 5.91 Å². The van der Waals surface area contributed by atoms with Crippen molar-refractivity contribution >= 4 is 5.91 Å². The number of likely N-dealkylation sites (tertiary alicyclic amines) is 1. The van der Waals surface area contributed by atoms with Gasteiger partial charge in [0.1, 0.15) is 6.61 Å². The van der Waals surface area contributed by atoms with Crippen molar-refractivity contribution in [3.05, 3.63) is 53.6 Å². The van der Waals surface area contributed by atoms with Crippen LogP contribution in [0.25, 0.3) is 0 Å². The molecule has 1 amide bonds. The molecule has 1 fully saturated rings. The predicted octanol–water partition coefficient (Wildman–Crippen LogP) is 3.48. The van der Waals surface area contributed by atoms with Gasteiger partial charge in [0.05, 0.1) is 14.2 Å². The molecule has 0 aromatic heterocycles. The van der Waals surface area contributed by atoms with Crippen LogP contribution in [-0.2, 0) is 6.61 Å². The topological polar surface area (TPSA) is 74.0 Å². The number of rotatable bonds is 7. The Morgan fingerprint density at radius 1 is 1.14 bits per heavy atom. The average molecular weight is 399 g/mol. The molecule has 3 rings (SSSR count). The molecule has 156 valence electrons. The Morgan fingerprint density at radius 3 is 2.38 bits per heavy atom. The minimum absolute atomic E-state index is 0.0530. The van der Waals surface area contributed by atoms with E-state index in [9.17, 15) is 4.79 Å². The number of carbonyl (C=O) groups excluding carboxylic acids is 1. The first kappa shape index (κ1) is 21.0. The normalized spacial score (nSPS) is 19.0. The number of methoxy groups -OCH3 is 2. The van der Waals surface area contributed by atoms with Crippen LogP contribution in [0.1, 0.15) is 35.7 Å². The van der Waals surface area contributed by atoms with Crippen LogP contribution < -0.4 is 19.9 Å². The maximum atomic E-state index is 13.2. The molecule has 29 heavy (non-hydrogen) atoms. The van der Waals surface area contributed by atoms with Crippen LogP contribution in [0.3, 0.4) is 0 Å². The predicted molar refractivity (Wildman–Crippen MR) is 113 cm³/mol. The number of hydrogen-bond donors (Lipinski definition) is 1. The van der Waals surface area contributed by atoms with Gasteiger partial charge in [0.15, 0.2) is 11.5 Å². The molecule has 0 bridgehead atoms. The molecule has 2 atom stereocenters. The van der Waals surface area contributed by atoms with E-state index in [1.54, 1.807) is 26.4 Å². The molecule has 2 unspecified atom stereocenters. The summed E-state index contributed by atoms with van der Waals surface area (Å²) >= 11 is 0. The maximum Gasteiger partial charge on any atom is 0.254 e. The van der Waals surface area contributed by atoms with Gasteiger partial charge in [-0.15, -0.1) is 0 Å². The first-order chi connectivity index (χ1) is 14.1. The van der Waals surface area contributed by atoms with Gasteiger partial charge in [-0.05, 0) is 36.5 Å². The smallest absolute Gasteiger partial charge is 0.254 e. The average Bonchev–Trinajstić information content (AvgIpc) is 2.77. The number of amides is 1. The Morgan fingerprint density at radius 2 is 1.79 bits per heavy atom. The zero-order valence-electron chi connectivity index (χ0n) is 17.4. The Kier molecular flexibility index (Phi) is 6.99. The van der Waals surface area contributed by atoms with Crippen molar-refractivity contribution in [2.75, 3.05) is 27.3 Å². The van der Waals surface area contributed by atoms with Crippen molar-refractivity contribution in [2.24, 2.45) is 11.7 Å². The third kappa shape index (κ3) is 4.82. The van der Waals surface area contributed by atoms with Gasteiger partial charge in [0.2, 0.25) is 5.75 Å². The molecule has 2 N–H and O–H groups in total. The van der Waals surface area contributed by atoms with Gasteiger partial charge in [0, 0.05) is 24.7 Å². The minimum atomic E-state index is -0.0569. The monoisotopic (exact) mass is 398 g/mol. The molecular weight excluding hydrogens is 368 g/mol. The second kappa shape index (κ2) is 9.65. The number of piperidine rings is 1. The summed E-state index contributed by atoms with van der Waals surface area (Å²) in [7, 11) is 3.12. The fourth-order valence-electron chi connectivity index (χ4n) is 3.78. The zero-order chi connectivity index (χ0) is 20.8. The fraction of sp³-hybridized carbons (Fsp3) is 0.435. The summed E-state index contributed by atoms with van der Waals surface area (Å²) in [6, 6.07) is 13.3. The highest BCUT2D eigenvalue weighted by molar-refractivity contribution is 5.96. The summed E-state index contributed by atoms with van der Waals surface area (Å²) in [4.78, 5) is 15.1. The first-order valence-electron chi connectivity index (χ1n) is 10.0. The molecule has 0 spiro atoms. The van der Waals surface area contributed by atoms with Crippen LogP contribution in [0.4, 0.5) is 0 Å². The van der Waals surface area contributed by atoms with E-state index in [1.165, 1.54) is 0 Å². The van der Waals surface area contributed by atoms with Crippen LogP contribution in [0.15, 0.2) is 42.5 Å². The molecule has 6 nitrogen and oxygen atoms in total. The van der Waals surface area contributed by atoms with Crippen molar-refractivity contribution in [3.8, 4) is 17.2 Å². The van der Waals surface area contributed by atoms with Crippen molar-refractivity contribution in [1.29, 1.82) is 0 Å². The van der Waals surface area contributed by atoms with Gasteiger partial charge < -0.3 is 24.8 Å². The van der Waals surface area contributed by atoms with E-state index in [1.807, 2.05) is 35.2 Å². The van der Waals surface area contributed by atoms with Crippen LogP contribution in [-0.4, -0.2) is 44.2 Å². The lowest BCUT2D eigenvalue weighted by Crippen LogP contribution is -2.49. The summed E-state index contributed by atoms with van der Waals surface area (Å²) in [6.45, 7) is 3.75. The number of nitrogens with two attached hydrogens (primary N) is 1. The fourth-order valence-corrected chi connectivity index (χ4v) is 3.78. The number of ether oxygens (including phenoxy) is 3. The second-order valence-electron chi connectivity index (χ2n) is 7.50. The molecule has 0 radical (unpaired) electrons. The molecular formula is C23H30N2O4. The van der Waals surface area contributed by atoms with Crippen molar-refractivity contribution in [2.45, 2.75) is 32.4 Å². The highest BCUT2D eigenvalue weighted by Gasteiger charge is 2.30. The standard InChI is InChI=1S/C23H30N2O4/c1-16-9-10-25(19(11-16)14-24)23(26)18-12-20(27-2)22(21(13-18)28-3)29-15-17-7-5-4-6-8-17/h4-8,12-13,16,19H,9-11,14-15,24H2,1-3H3. The van der Waals surface area contributed by atoms with E-state index in [0.29, 0.717) is 48.4 Å². The summed E-state index contributed by atoms with van der Waals surface area (Å²) in [5.41, 5.74) is 7.48. The Bertz CT molecular complexity index is 800. The largest absolute Gasteiger partial charge is 0.493 e. The Hall–Kier alpha value is -2.73. The number of nitrogens with zero attached hydrogens (tertiary/aromatic N) is 1. The number of benzene rings is 2. The Balaban J connectivity index is 1.86. The summed E-state index contributed by atoms with van der Waals surface area (Å²) in [5, 5.41) is 0. The lowest BCUT2D eigenvalue weighted by molar-refractivity contribution is 0.0572. The Labute approximate surface area is 172 Å². The van der Waals surface area contributed by atoms with Crippen LogP contribution >= 0.6 is 0 Å². The second-order valence-corrected chi connectivity index (χ2v) is 7.50. The number of hydrogen-bond acceptors (Lipinski definition) is 5. The van der Waals surface area contributed by atoms with E-state index >= 15 is 0 Å². The molecule has 0 aliphatic carbocycles. The van der Waals surface area contributed by atoms with Gasteiger partial charge in [-0.1, -0.05) is 37.3 Å². The highest BCUT2D eigenvalue weighted by atomic mass is 16.5. The minimum Gasteiger partial charge on any atom is -0.493 e. The van der Waals surface area contributed by atoms with E-state index in [-0.39, 0.29) is 11.9 Å². The third-order valence-corrected chi connectivity index (χ3v) is 5.44. The third-order valence-electron chi connectivity index (χ3n) is 5.44. The zero-order valence-corrected chi connectivity index (χ0v) is 17.4. The van der Waals surface area contributed by atoms with Gasteiger partial charge in [-0.3, -0.25) is 4.79 Å². The SMILES string of the molecule is COc1cc(C(=O)N2CCC(C)CC2CN)cc(OC)c1OCc1ccccc1. The summed E-state index contributed by atoms with van der Waals surface area (Å²) in [5.74, 6) is 1.94. The quantitative estimate of drug-likeness (QED) is 0.773. The van der Waals surface area contributed by atoms with Crippen molar-refractivity contribution in [3.63, 3.8) is 0 Å². The van der Waals surface area contributed by atoms with E-state index < -0.39 is 0 Å². The maximum absolute atomic E-state index is 13.2. The molecule has 1 saturated heterocycles. The van der Waals surface area contributed by atoms with Crippen LogP contribution in [0.2, 0.25) is 0 Å². The van der Waals surface area contributed by atoms with Crippen LogP contribution in [0, 0.1) is 5.92 Å². The van der Waals surface area contributed by atoms with Crippen LogP contribution in [0.5, 0.6) is 17.2 Å². The molecule has 1 aliphatic rings. The molecule has 2 aromatic carbocycles. The molecule has 1 aliphatic heterocycles. The molecule has 6 heteroatoms. The van der Waals surface area contributed by atoms with Gasteiger partial charge in [-0.2, -0.15) is 0 Å². The van der Waals surface area contributed by atoms with Gasteiger partial charge >= 0.3 is 0 Å². The van der Waals surface area contributed by atoms with Crippen molar-refractivity contribution in [1.82, 2.24) is 4.90 Å². The lowest BCUT2D eigenvalue weighted by atomic mass is 9.92. The molecule has 2 aromatic rings. The molecule has 1 heterocycles. The summed E-state index contributed by atoms with van der Waals surface area (Å²) < 4.78 is 17.0. The van der Waals surface area contributed by atoms with E-state index in [2.05, 4.69) is 6.92 Å². The highest BCUT2D eigenvalue weighted by Crippen LogP contribution is 2.39. The molecule has 0 saturated carbocycles. The van der Waals surface area contributed by atoms with E-state index in [4.69, 9.17) is 19.9 Å². The van der Waals surface area contributed by atoms with Crippen molar-refractivity contribution < 1.29 is 19.0 Å². The summed E-state index contributed by atoms with van der Waals surface area (Å²) in [6.07, 6.45) is 1.91. The first-order valence-corrected chi connectivity index (χ1v) is 10.0. The lowest BCUT2D eigenvalue weighted by Gasteiger charge is -2.38. The van der Waals surface area contributed by atoms with E-state index in [0.717, 1.165) is 18.4 Å².